The molecular weight excluding hydrogens is 356 g/mol. The maximum atomic E-state index is 13.8. The van der Waals surface area contributed by atoms with Crippen molar-refractivity contribution >= 4 is 17.5 Å². The summed E-state index contributed by atoms with van der Waals surface area (Å²) in [5.41, 5.74) is 1.75. The Bertz CT molecular complexity index is 971. The summed E-state index contributed by atoms with van der Waals surface area (Å²) in [6.07, 6.45) is 0. The molecule has 3 aromatic rings. The number of aromatic nitrogens is 3. The van der Waals surface area contributed by atoms with Crippen molar-refractivity contribution in [3.8, 4) is 11.4 Å². The smallest absolute Gasteiger partial charge is 0.191 e. The Labute approximate surface area is 154 Å². The van der Waals surface area contributed by atoms with Gasteiger partial charge in [0.1, 0.15) is 11.6 Å². The van der Waals surface area contributed by atoms with Crippen LogP contribution in [-0.4, -0.2) is 25.8 Å². The van der Waals surface area contributed by atoms with Gasteiger partial charge in [-0.05, 0) is 37.6 Å². The van der Waals surface area contributed by atoms with Crippen molar-refractivity contribution in [1.29, 1.82) is 0 Å². The van der Waals surface area contributed by atoms with Gasteiger partial charge in [-0.3, -0.25) is 4.79 Å². The number of hydrogen-bond donors (Lipinski definition) is 0. The van der Waals surface area contributed by atoms with E-state index < -0.39 is 22.7 Å². The SMILES string of the molecule is Cc1ccccc1-c1nnc(SC(C)C(=O)c2cc(F)ccc2F)n1C. The minimum Gasteiger partial charge on any atom is -0.305 e. The molecule has 0 saturated carbocycles. The number of Topliss-reactive ketones (excluding diaryl/α,β-unsaturated/α-hetero) is 1. The molecule has 1 aromatic heterocycles. The van der Waals surface area contributed by atoms with Crippen LogP contribution in [0.5, 0.6) is 0 Å². The van der Waals surface area contributed by atoms with Crippen LogP contribution in [0.4, 0.5) is 8.78 Å². The maximum Gasteiger partial charge on any atom is 0.191 e. The second kappa shape index (κ2) is 7.37. The lowest BCUT2D eigenvalue weighted by Crippen LogP contribution is -2.16. The van der Waals surface area contributed by atoms with Crippen LogP contribution in [0.25, 0.3) is 11.4 Å². The molecule has 0 N–H and O–H groups in total. The molecule has 0 fully saturated rings. The molecule has 1 unspecified atom stereocenters. The molecule has 7 heteroatoms. The highest BCUT2D eigenvalue weighted by Crippen LogP contribution is 2.29. The van der Waals surface area contributed by atoms with E-state index in [4.69, 9.17) is 0 Å². The molecule has 3 rings (SSSR count). The van der Waals surface area contributed by atoms with Gasteiger partial charge in [0, 0.05) is 12.6 Å². The van der Waals surface area contributed by atoms with Gasteiger partial charge < -0.3 is 4.57 Å². The van der Waals surface area contributed by atoms with Gasteiger partial charge in [0.15, 0.2) is 16.8 Å². The fourth-order valence-corrected chi connectivity index (χ4v) is 3.48. The lowest BCUT2D eigenvalue weighted by Gasteiger charge is -2.11. The highest BCUT2D eigenvalue weighted by molar-refractivity contribution is 8.00. The number of aryl methyl sites for hydroxylation is 1. The molecule has 2 aromatic carbocycles. The van der Waals surface area contributed by atoms with Gasteiger partial charge in [0.25, 0.3) is 0 Å². The molecule has 26 heavy (non-hydrogen) atoms. The number of rotatable bonds is 5. The molecule has 0 bridgehead atoms. The molecule has 0 spiro atoms. The Morgan fingerprint density at radius 2 is 1.88 bits per heavy atom. The summed E-state index contributed by atoms with van der Waals surface area (Å²) in [5.74, 6) is -1.19. The van der Waals surface area contributed by atoms with Crippen molar-refractivity contribution in [3.05, 3.63) is 65.2 Å². The average Bonchev–Trinajstić information content (AvgIpc) is 2.97. The topological polar surface area (TPSA) is 47.8 Å². The van der Waals surface area contributed by atoms with Crippen molar-refractivity contribution in [2.45, 2.75) is 24.3 Å². The fourth-order valence-electron chi connectivity index (χ4n) is 2.59. The Kier molecular flexibility index (Phi) is 5.18. The van der Waals surface area contributed by atoms with Gasteiger partial charge in [0.05, 0.1) is 10.8 Å². The number of carbonyl (C=O) groups excluding carboxylic acids is 1. The van der Waals surface area contributed by atoms with Crippen LogP contribution < -0.4 is 0 Å². The standard InChI is InChI=1S/C19H17F2N3OS/c1-11-6-4-5-7-14(11)18-22-23-19(24(18)3)26-12(2)17(25)15-10-13(20)8-9-16(15)21/h4-10,12H,1-3H3. The first-order valence-electron chi connectivity index (χ1n) is 7.99. The van der Waals surface area contributed by atoms with E-state index in [1.165, 1.54) is 0 Å². The molecule has 0 radical (unpaired) electrons. The van der Waals surface area contributed by atoms with E-state index in [2.05, 4.69) is 10.2 Å². The Morgan fingerprint density at radius 3 is 2.62 bits per heavy atom. The van der Waals surface area contributed by atoms with Gasteiger partial charge in [-0.25, -0.2) is 8.78 Å². The number of benzene rings is 2. The molecule has 1 heterocycles. The highest BCUT2D eigenvalue weighted by atomic mass is 32.2. The average molecular weight is 373 g/mol. The lowest BCUT2D eigenvalue weighted by molar-refractivity contribution is 0.0989. The van der Waals surface area contributed by atoms with E-state index in [0.29, 0.717) is 11.0 Å². The minimum absolute atomic E-state index is 0.258. The number of ketones is 1. The number of hydrogen-bond acceptors (Lipinski definition) is 4. The fraction of sp³-hybridized carbons (Fsp3) is 0.211. The van der Waals surface area contributed by atoms with Crippen molar-refractivity contribution in [2.75, 3.05) is 0 Å². The minimum atomic E-state index is -0.734. The molecule has 0 aliphatic heterocycles. The summed E-state index contributed by atoms with van der Waals surface area (Å²) in [7, 11) is 1.81. The van der Waals surface area contributed by atoms with Crippen LogP contribution in [0.1, 0.15) is 22.8 Å². The van der Waals surface area contributed by atoms with Crippen molar-refractivity contribution in [2.24, 2.45) is 7.05 Å². The van der Waals surface area contributed by atoms with Gasteiger partial charge in [-0.1, -0.05) is 36.0 Å². The van der Waals surface area contributed by atoms with Crippen LogP contribution in [0, 0.1) is 18.6 Å². The number of carbonyl (C=O) groups is 1. The molecule has 134 valence electrons. The molecule has 1 atom stereocenters. The first-order chi connectivity index (χ1) is 12.4. The third-order valence-electron chi connectivity index (χ3n) is 4.07. The number of nitrogens with zero attached hydrogens (tertiary/aromatic N) is 3. The summed E-state index contributed by atoms with van der Waals surface area (Å²) in [6.45, 7) is 3.62. The van der Waals surface area contributed by atoms with E-state index in [0.717, 1.165) is 41.1 Å². The predicted molar refractivity (Wildman–Crippen MR) is 97.2 cm³/mol. The molecule has 0 aliphatic carbocycles. The largest absolute Gasteiger partial charge is 0.305 e. The summed E-state index contributed by atoms with van der Waals surface area (Å²) >= 11 is 1.16. The zero-order valence-corrected chi connectivity index (χ0v) is 15.3. The van der Waals surface area contributed by atoms with Crippen molar-refractivity contribution < 1.29 is 13.6 Å². The van der Waals surface area contributed by atoms with Crippen LogP contribution in [-0.2, 0) is 7.05 Å². The quantitative estimate of drug-likeness (QED) is 0.490. The van der Waals surface area contributed by atoms with Crippen LogP contribution in [0.2, 0.25) is 0 Å². The summed E-state index contributed by atoms with van der Waals surface area (Å²) < 4.78 is 29.0. The normalized spacial score (nSPS) is 12.2. The van der Waals surface area contributed by atoms with Crippen LogP contribution in [0.3, 0.4) is 0 Å². The van der Waals surface area contributed by atoms with Crippen molar-refractivity contribution in [3.63, 3.8) is 0 Å². The highest BCUT2D eigenvalue weighted by Gasteiger charge is 2.23. The van der Waals surface area contributed by atoms with E-state index in [1.54, 1.807) is 11.5 Å². The Balaban J connectivity index is 1.84. The third kappa shape index (κ3) is 3.53. The maximum absolute atomic E-state index is 13.8. The summed E-state index contributed by atoms with van der Waals surface area (Å²) in [6, 6.07) is 10.7. The molecule has 0 aliphatic rings. The Morgan fingerprint density at radius 1 is 1.15 bits per heavy atom. The zero-order chi connectivity index (χ0) is 18.8. The molecule has 0 saturated heterocycles. The summed E-state index contributed by atoms with van der Waals surface area (Å²) in [5, 5.41) is 8.24. The second-order valence-corrected chi connectivity index (χ2v) is 7.24. The Hall–Kier alpha value is -2.54. The third-order valence-corrected chi connectivity index (χ3v) is 5.20. The van der Waals surface area contributed by atoms with E-state index >= 15 is 0 Å². The summed E-state index contributed by atoms with van der Waals surface area (Å²) in [4.78, 5) is 12.5. The number of halogens is 2. The number of thioether (sulfide) groups is 1. The van der Waals surface area contributed by atoms with E-state index in [9.17, 15) is 13.6 Å². The first-order valence-corrected chi connectivity index (χ1v) is 8.87. The van der Waals surface area contributed by atoms with Crippen LogP contribution in [0.15, 0.2) is 47.6 Å². The zero-order valence-electron chi connectivity index (χ0n) is 14.5. The van der Waals surface area contributed by atoms with Crippen molar-refractivity contribution in [1.82, 2.24) is 14.8 Å². The van der Waals surface area contributed by atoms with Gasteiger partial charge in [-0.15, -0.1) is 10.2 Å². The second-order valence-electron chi connectivity index (χ2n) is 5.93. The predicted octanol–water partition coefficient (Wildman–Crippen LogP) is 4.43. The van der Waals surface area contributed by atoms with Gasteiger partial charge >= 0.3 is 0 Å². The molecule has 4 nitrogen and oxygen atoms in total. The van der Waals surface area contributed by atoms with Gasteiger partial charge in [0.2, 0.25) is 0 Å². The molecule has 0 amide bonds. The van der Waals surface area contributed by atoms with E-state index in [-0.39, 0.29) is 5.56 Å². The van der Waals surface area contributed by atoms with Gasteiger partial charge in [-0.2, -0.15) is 0 Å². The molecular formula is C19H17F2N3OS. The first kappa shape index (κ1) is 18.3. The lowest BCUT2D eigenvalue weighted by atomic mass is 10.1. The monoisotopic (exact) mass is 373 g/mol. The van der Waals surface area contributed by atoms with Crippen LogP contribution >= 0.6 is 11.8 Å². The van der Waals surface area contributed by atoms with E-state index in [1.807, 2.05) is 38.2 Å².